The number of aromatic hydroxyl groups is 1. The van der Waals surface area contributed by atoms with Crippen molar-refractivity contribution in [2.75, 3.05) is 0 Å². The molecule has 0 amide bonds. The molecule has 0 radical (unpaired) electrons. The molecule has 0 atom stereocenters. The average molecular weight is 186 g/mol. The minimum absolute atomic E-state index is 0.0142. The van der Waals surface area contributed by atoms with Gasteiger partial charge in [-0.1, -0.05) is 0 Å². The molecule has 4 heteroatoms. The van der Waals surface area contributed by atoms with Crippen LogP contribution in [0.2, 0.25) is 0 Å². The summed E-state index contributed by atoms with van der Waals surface area (Å²) in [5, 5.41) is 17.9. The van der Waals surface area contributed by atoms with Gasteiger partial charge in [-0.05, 0) is 18.2 Å². The van der Waals surface area contributed by atoms with Crippen molar-refractivity contribution >= 4 is 0 Å². The molecule has 0 spiro atoms. The van der Waals surface area contributed by atoms with Crippen molar-refractivity contribution < 1.29 is 9.52 Å². The third kappa shape index (κ3) is 1.31. The van der Waals surface area contributed by atoms with Crippen LogP contribution in [-0.2, 0) is 0 Å². The Morgan fingerprint density at radius 1 is 1.50 bits per heavy atom. The lowest BCUT2D eigenvalue weighted by Crippen LogP contribution is -1.84. The van der Waals surface area contributed by atoms with E-state index >= 15 is 0 Å². The smallest absolute Gasteiger partial charge is 0.182 e. The average Bonchev–Trinajstić information content (AvgIpc) is 2.70. The minimum Gasteiger partial charge on any atom is -0.505 e. The van der Waals surface area contributed by atoms with Gasteiger partial charge in [0, 0.05) is 11.8 Å². The Kier molecular flexibility index (Phi) is 1.92. The van der Waals surface area contributed by atoms with Crippen LogP contribution >= 0.6 is 0 Å². The number of hydrogen-bond acceptors (Lipinski definition) is 4. The predicted molar refractivity (Wildman–Crippen MR) is 48.3 cm³/mol. The molecule has 0 aromatic carbocycles. The lowest BCUT2D eigenvalue weighted by atomic mass is 10.2. The Labute approximate surface area is 80.1 Å². The topological polar surface area (TPSA) is 70.0 Å². The van der Waals surface area contributed by atoms with Gasteiger partial charge in [0.1, 0.15) is 11.8 Å². The highest BCUT2D eigenvalue weighted by atomic mass is 16.3. The molecule has 0 aliphatic carbocycles. The van der Waals surface area contributed by atoms with Gasteiger partial charge in [0.05, 0.1) is 6.26 Å². The molecule has 4 nitrogen and oxygen atoms in total. The van der Waals surface area contributed by atoms with E-state index in [0.29, 0.717) is 11.3 Å². The highest BCUT2D eigenvalue weighted by Crippen LogP contribution is 2.24. The highest BCUT2D eigenvalue weighted by molar-refractivity contribution is 5.59. The lowest BCUT2D eigenvalue weighted by molar-refractivity contribution is 0.470. The van der Waals surface area contributed by atoms with Crippen LogP contribution in [0.15, 0.2) is 35.1 Å². The lowest BCUT2D eigenvalue weighted by Gasteiger charge is -1.98. The van der Waals surface area contributed by atoms with E-state index in [0.717, 1.165) is 0 Å². The van der Waals surface area contributed by atoms with Crippen molar-refractivity contribution in [1.82, 2.24) is 4.98 Å². The maximum atomic E-state index is 9.36. The van der Waals surface area contributed by atoms with Gasteiger partial charge < -0.3 is 9.52 Å². The van der Waals surface area contributed by atoms with E-state index in [1.165, 1.54) is 18.5 Å². The van der Waals surface area contributed by atoms with Gasteiger partial charge in [-0.25, -0.2) is 4.98 Å². The number of rotatable bonds is 1. The number of nitriles is 1. The summed E-state index contributed by atoms with van der Waals surface area (Å²) >= 11 is 0. The van der Waals surface area contributed by atoms with Gasteiger partial charge >= 0.3 is 0 Å². The number of pyridine rings is 1. The SMILES string of the molecule is N#Cc1ncc(-c2ccco2)cc1O. The summed E-state index contributed by atoms with van der Waals surface area (Å²) in [7, 11) is 0. The van der Waals surface area contributed by atoms with Crippen molar-refractivity contribution in [2.45, 2.75) is 0 Å². The number of furan rings is 1. The fourth-order valence-electron chi connectivity index (χ4n) is 1.12. The van der Waals surface area contributed by atoms with E-state index in [1.54, 1.807) is 18.2 Å². The van der Waals surface area contributed by atoms with Crippen LogP contribution in [0.5, 0.6) is 5.75 Å². The van der Waals surface area contributed by atoms with Crippen molar-refractivity contribution in [1.29, 1.82) is 5.26 Å². The molecule has 14 heavy (non-hydrogen) atoms. The van der Waals surface area contributed by atoms with Crippen LogP contribution in [0, 0.1) is 11.3 Å². The molecular formula is C10H6N2O2. The molecule has 0 unspecified atom stereocenters. The summed E-state index contributed by atoms with van der Waals surface area (Å²) in [6.07, 6.45) is 3.02. The number of hydrogen-bond donors (Lipinski definition) is 1. The molecule has 1 N–H and O–H groups in total. The van der Waals surface area contributed by atoms with Gasteiger partial charge in [-0.3, -0.25) is 0 Å². The molecule has 0 aliphatic rings. The minimum atomic E-state index is -0.138. The van der Waals surface area contributed by atoms with E-state index in [1.807, 2.05) is 0 Å². The van der Waals surface area contributed by atoms with Gasteiger partial charge in [-0.15, -0.1) is 0 Å². The van der Waals surface area contributed by atoms with Crippen molar-refractivity contribution in [3.05, 3.63) is 36.4 Å². The second-order valence-corrected chi connectivity index (χ2v) is 2.68. The fraction of sp³-hybridized carbons (Fsp3) is 0. The van der Waals surface area contributed by atoms with Crippen molar-refractivity contribution in [2.24, 2.45) is 0 Å². The second kappa shape index (κ2) is 3.23. The molecule has 0 saturated carbocycles. The second-order valence-electron chi connectivity index (χ2n) is 2.68. The molecule has 0 bridgehead atoms. The van der Waals surface area contributed by atoms with E-state index in [9.17, 15) is 5.11 Å². The largest absolute Gasteiger partial charge is 0.505 e. The molecule has 2 heterocycles. The number of nitrogens with zero attached hydrogens (tertiary/aromatic N) is 2. The van der Waals surface area contributed by atoms with Crippen LogP contribution in [0.1, 0.15) is 5.69 Å². The van der Waals surface area contributed by atoms with Gasteiger partial charge in [0.25, 0.3) is 0 Å². The first-order valence-corrected chi connectivity index (χ1v) is 3.94. The van der Waals surface area contributed by atoms with Gasteiger partial charge in [0.2, 0.25) is 0 Å². The molecule has 2 aromatic rings. The van der Waals surface area contributed by atoms with E-state index in [4.69, 9.17) is 9.68 Å². The van der Waals surface area contributed by atoms with Crippen molar-refractivity contribution in [3.8, 4) is 23.1 Å². The monoisotopic (exact) mass is 186 g/mol. The zero-order chi connectivity index (χ0) is 9.97. The first-order chi connectivity index (χ1) is 6.81. The predicted octanol–water partition coefficient (Wildman–Crippen LogP) is 1.92. The zero-order valence-corrected chi connectivity index (χ0v) is 7.14. The summed E-state index contributed by atoms with van der Waals surface area (Å²) < 4.78 is 5.11. The Hall–Kier alpha value is -2.28. The zero-order valence-electron chi connectivity index (χ0n) is 7.14. The molecule has 2 rings (SSSR count). The van der Waals surface area contributed by atoms with E-state index in [2.05, 4.69) is 4.98 Å². The van der Waals surface area contributed by atoms with Crippen LogP contribution in [-0.4, -0.2) is 10.1 Å². The van der Waals surface area contributed by atoms with Crippen LogP contribution in [0.3, 0.4) is 0 Å². The summed E-state index contributed by atoms with van der Waals surface area (Å²) in [4.78, 5) is 3.78. The van der Waals surface area contributed by atoms with Gasteiger partial charge in [-0.2, -0.15) is 5.26 Å². The Morgan fingerprint density at radius 3 is 2.93 bits per heavy atom. The van der Waals surface area contributed by atoms with Gasteiger partial charge in [0.15, 0.2) is 11.4 Å². The third-order valence-electron chi connectivity index (χ3n) is 1.78. The first-order valence-electron chi connectivity index (χ1n) is 3.94. The molecule has 2 aromatic heterocycles. The van der Waals surface area contributed by atoms with Crippen LogP contribution < -0.4 is 0 Å². The molecule has 0 saturated heterocycles. The molecule has 0 fully saturated rings. The highest BCUT2D eigenvalue weighted by Gasteiger charge is 2.06. The first kappa shape index (κ1) is 8.32. The van der Waals surface area contributed by atoms with E-state index < -0.39 is 0 Å². The Balaban J connectivity index is 2.49. The fourth-order valence-corrected chi connectivity index (χ4v) is 1.12. The number of aromatic nitrogens is 1. The molecule has 68 valence electrons. The summed E-state index contributed by atoms with van der Waals surface area (Å²) in [5.41, 5.74) is 0.659. The normalized spacial score (nSPS) is 9.64. The Morgan fingerprint density at radius 2 is 2.36 bits per heavy atom. The van der Waals surface area contributed by atoms with Crippen LogP contribution in [0.4, 0.5) is 0 Å². The molecular weight excluding hydrogens is 180 g/mol. The third-order valence-corrected chi connectivity index (χ3v) is 1.78. The van der Waals surface area contributed by atoms with Crippen LogP contribution in [0.25, 0.3) is 11.3 Å². The summed E-state index contributed by atoms with van der Waals surface area (Å²) in [6.45, 7) is 0. The Bertz CT molecular complexity index is 483. The quantitative estimate of drug-likeness (QED) is 0.738. The standard InChI is InChI=1S/C10H6N2O2/c11-5-8-9(13)4-7(6-12-8)10-2-1-3-14-10/h1-4,6,13H. The molecule has 0 aliphatic heterocycles. The maximum Gasteiger partial charge on any atom is 0.182 e. The maximum absolute atomic E-state index is 9.36. The summed E-state index contributed by atoms with van der Waals surface area (Å²) in [5.74, 6) is 0.471. The van der Waals surface area contributed by atoms with Crippen molar-refractivity contribution in [3.63, 3.8) is 0 Å². The summed E-state index contributed by atoms with van der Waals surface area (Å²) in [6, 6.07) is 6.72. The van der Waals surface area contributed by atoms with E-state index in [-0.39, 0.29) is 11.4 Å².